The fourth-order valence-electron chi connectivity index (χ4n) is 3.43. The van der Waals surface area contributed by atoms with Crippen LogP contribution >= 0.6 is 11.3 Å². The zero-order valence-electron chi connectivity index (χ0n) is 17.5. The van der Waals surface area contributed by atoms with Gasteiger partial charge in [-0.15, -0.1) is 0 Å². The van der Waals surface area contributed by atoms with Crippen molar-refractivity contribution in [3.63, 3.8) is 0 Å². The van der Waals surface area contributed by atoms with Gasteiger partial charge in [-0.25, -0.2) is 4.98 Å². The minimum atomic E-state index is -0.432. The molecular formula is C25H18N2O5S. The zero-order valence-corrected chi connectivity index (χ0v) is 18.3. The molecule has 0 aliphatic rings. The summed E-state index contributed by atoms with van der Waals surface area (Å²) in [4.78, 5) is 30.2. The van der Waals surface area contributed by atoms with Gasteiger partial charge in [0.1, 0.15) is 11.3 Å². The number of carbonyl (C=O) groups is 1. The number of ether oxygens (including phenoxy) is 2. The maximum absolute atomic E-state index is 13.2. The van der Waals surface area contributed by atoms with Crippen molar-refractivity contribution < 1.29 is 18.7 Å². The lowest BCUT2D eigenvalue weighted by Crippen LogP contribution is -2.22. The number of fused-ring (bicyclic) bond motifs is 2. The second-order valence-corrected chi connectivity index (χ2v) is 8.17. The molecule has 2 heterocycles. The number of nitrogens with one attached hydrogen (secondary N) is 1. The highest BCUT2D eigenvalue weighted by molar-refractivity contribution is 7.22. The molecular weight excluding hydrogens is 440 g/mol. The Morgan fingerprint density at radius 3 is 2.73 bits per heavy atom. The number of nitrogens with zero attached hydrogens (tertiary/aromatic N) is 1. The SMILES string of the molecule is COc1cccc(-c2oc3ccccc3c(=O)c2OCC(=O)Nc2nc3ccccc3s2)c1. The number of aromatic nitrogens is 1. The average Bonchev–Trinajstić information content (AvgIpc) is 3.25. The van der Waals surface area contributed by atoms with Gasteiger partial charge in [0.05, 0.1) is 22.7 Å². The van der Waals surface area contributed by atoms with Crippen LogP contribution in [-0.4, -0.2) is 24.6 Å². The summed E-state index contributed by atoms with van der Waals surface area (Å²) >= 11 is 1.36. The van der Waals surface area contributed by atoms with Crippen molar-refractivity contribution in [3.05, 3.63) is 83.0 Å². The van der Waals surface area contributed by atoms with Crippen LogP contribution in [0.25, 0.3) is 32.5 Å². The molecule has 0 radical (unpaired) electrons. The number of hydrogen-bond donors (Lipinski definition) is 1. The average molecular weight is 458 g/mol. The van der Waals surface area contributed by atoms with E-state index in [9.17, 15) is 9.59 Å². The van der Waals surface area contributed by atoms with E-state index in [0.717, 1.165) is 10.2 Å². The fraction of sp³-hybridized carbons (Fsp3) is 0.0800. The summed E-state index contributed by atoms with van der Waals surface area (Å²) in [7, 11) is 1.56. The van der Waals surface area contributed by atoms with Gasteiger partial charge in [0.2, 0.25) is 11.2 Å². The number of benzene rings is 3. The number of anilines is 1. The van der Waals surface area contributed by atoms with Gasteiger partial charge in [0.25, 0.3) is 5.91 Å². The van der Waals surface area contributed by atoms with Crippen LogP contribution < -0.4 is 20.2 Å². The minimum Gasteiger partial charge on any atom is -0.497 e. The second-order valence-electron chi connectivity index (χ2n) is 7.14. The number of thiazole rings is 1. The predicted octanol–water partition coefficient (Wildman–Crippen LogP) is 5.10. The van der Waals surface area contributed by atoms with Gasteiger partial charge in [-0.2, -0.15) is 0 Å². The number of carbonyl (C=O) groups excluding carboxylic acids is 1. The van der Waals surface area contributed by atoms with Crippen LogP contribution in [0.2, 0.25) is 0 Å². The molecule has 0 saturated carbocycles. The van der Waals surface area contributed by atoms with E-state index in [1.165, 1.54) is 11.3 Å². The molecule has 0 bridgehead atoms. The molecule has 164 valence electrons. The van der Waals surface area contributed by atoms with Crippen molar-refractivity contribution in [2.75, 3.05) is 19.0 Å². The van der Waals surface area contributed by atoms with E-state index in [-0.39, 0.29) is 23.5 Å². The molecule has 5 rings (SSSR count). The van der Waals surface area contributed by atoms with Gasteiger partial charge in [0, 0.05) is 5.56 Å². The third kappa shape index (κ3) is 4.16. The van der Waals surface area contributed by atoms with Crippen LogP contribution in [0.1, 0.15) is 0 Å². The molecule has 8 heteroatoms. The normalized spacial score (nSPS) is 10.9. The molecule has 33 heavy (non-hydrogen) atoms. The maximum atomic E-state index is 13.2. The molecule has 5 aromatic rings. The van der Waals surface area contributed by atoms with Gasteiger partial charge >= 0.3 is 0 Å². The first-order chi connectivity index (χ1) is 16.1. The molecule has 0 atom stereocenters. The molecule has 0 saturated heterocycles. The Kier molecular flexibility index (Phi) is 5.50. The molecule has 7 nitrogen and oxygen atoms in total. The minimum absolute atomic E-state index is 0.0404. The summed E-state index contributed by atoms with van der Waals surface area (Å²) in [5.41, 5.74) is 1.46. The standard InChI is InChI=1S/C25H18N2O5S/c1-30-16-8-6-7-15(13-16)23-24(22(29)17-9-2-4-11-19(17)32-23)31-14-21(28)27-25-26-18-10-3-5-12-20(18)33-25/h2-13H,14H2,1H3,(H,26,27,28). The monoisotopic (exact) mass is 458 g/mol. The van der Waals surface area contributed by atoms with Crippen LogP contribution in [0.15, 0.2) is 82.0 Å². The number of hydrogen-bond acceptors (Lipinski definition) is 7. The Labute approximate surface area is 192 Å². The summed E-state index contributed by atoms with van der Waals surface area (Å²) in [6.45, 7) is -0.379. The number of rotatable bonds is 6. The molecule has 0 aliphatic carbocycles. The Morgan fingerprint density at radius 1 is 1.06 bits per heavy atom. The second kappa shape index (κ2) is 8.76. The van der Waals surface area contributed by atoms with Gasteiger partial charge in [-0.05, 0) is 36.4 Å². The van der Waals surface area contributed by atoms with Crippen molar-refractivity contribution in [2.45, 2.75) is 0 Å². The van der Waals surface area contributed by atoms with Crippen molar-refractivity contribution in [3.8, 4) is 22.8 Å². The van der Waals surface area contributed by atoms with Crippen LogP contribution in [0.5, 0.6) is 11.5 Å². The number of para-hydroxylation sites is 2. The highest BCUT2D eigenvalue weighted by Crippen LogP contribution is 2.33. The first kappa shape index (κ1) is 20.7. The smallest absolute Gasteiger partial charge is 0.264 e. The Bertz CT molecular complexity index is 1510. The molecule has 1 N–H and O–H groups in total. The third-order valence-corrected chi connectivity index (χ3v) is 5.93. The highest BCUT2D eigenvalue weighted by Gasteiger charge is 2.19. The maximum Gasteiger partial charge on any atom is 0.264 e. The van der Waals surface area contributed by atoms with Crippen molar-refractivity contribution >= 4 is 43.6 Å². The lowest BCUT2D eigenvalue weighted by Gasteiger charge is -2.12. The van der Waals surface area contributed by atoms with Crippen molar-refractivity contribution in [2.24, 2.45) is 0 Å². The van der Waals surface area contributed by atoms with E-state index in [2.05, 4.69) is 10.3 Å². The van der Waals surface area contributed by atoms with Crippen LogP contribution in [-0.2, 0) is 4.79 Å². The van der Waals surface area contributed by atoms with Gasteiger partial charge in [-0.3, -0.25) is 14.9 Å². The topological polar surface area (TPSA) is 90.7 Å². The van der Waals surface area contributed by atoms with E-state index in [1.54, 1.807) is 55.6 Å². The molecule has 2 aromatic heterocycles. The third-order valence-electron chi connectivity index (χ3n) is 4.98. The molecule has 0 spiro atoms. The Morgan fingerprint density at radius 2 is 1.88 bits per heavy atom. The first-order valence-electron chi connectivity index (χ1n) is 10.1. The molecule has 3 aromatic carbocycles. The van der Waals surface area contributed by atoms with Gasteiger partial charge in [0.15, 0.2) is 17.5 Å². The van der Waals surface area contributed by atoms with Crippen LogP contribution in [0, 0.1) is 0 Å². The lowest BCUT2D eigenvalue weighted by molar-refractivity contribution is -0.118. The van der Waals surface area contributed by atoms with Crippen LogP contribution in [0.3, 0.4) is 0 Å². The van der Waals surface area contributed by atoms with E-state index >= 15 is 0 Å². The van der Waals surface area contributed by atoms with E-state index in [1.807, 2.05) is 24.3 Å². The predicted molar refractivity (Wildman–Crippen MR) is 128 cm³/mol. The summed E-state index contributed by atoms with van der Waals surface area (Å²) in [5.74, 6) is 0.354. The summed E-state index contributed by atoms with van der Waals surface area (Å²) in [5, 5.41) is 3.55. The van der Waals surface area contributed by atoms with Crippen molar-refractivity contribution in [1.29, 1.82) is 0 Å². The molecule has 0 aliphatic heterocycles. The van der Waals surface area contributed by atoms with Gasteiger partial charge < -0.3 is 13.9 Å². The lowest BCUT2D eigenvalue weighted by atomic mass is 10.1. The Balaban J connectivity index is 1.46. The molecule has 1 amide bonds. The highest BCUT2D eigenvalue weighted by atomic mass is 32.1. The fourth-order valence-corrected chi connectivity index (χ4v) is 4.31. The van der Waals surface area contributed by atoms with Gasteiger partial charge in [-0.1, -0.05) is 47.7 Å². The molecule has 0 fully saturated rings. The first-order valence-corrected chi connectivity index (χ1v) is 10.9. The molecule has 0 unspecified atom stereocenters. The Hall–Kier alpha value is -4.17. The summed E-state index contributed by atoms with van der Waals surface area (Å²) in [6, 6.07) is 21.6. The van der Waals surface area contributed by atoms with E-state index in [0.29, 0.717) is 27.4 Å². The number of methoxy groups -OCH3 is 1. The largest absolute Gasteiger partial charge is 0.497 e. The van der Waals surface area contributed by atoms with E-state index in [4.69, 9.17) is 13.9 Å². The summed E-state index contributed by atoms with van der Waals surface area (Å²) < 4.78 is 18.0. The number of amides is 1. The van der Waals surface area contributed by atoms with E-state index < -0.39 is 5.91 Å². The van der Waals surface area contributed by atoms with Crippen LogP contribution in [0.4, 0.5) is 5.13 Å². The zero-order chi connectivity index (χ0) is 22.8. The van der Waals surface area contributed by atoms with Crippen molar-refractivity contribution in [1.82, 2.24) is 4.98 Å². The summed E-state index contributed by atoms with van der Waals surface area (Å²) in [6.07, 6.45) is 0. The quantitative estimate of drug-likeness (QED) is 0.381.